The largest absolute Gasteiger partial charge is 0.287 e. The van der Waals surface area contributed by atoms with Crippen LogP contribution in [0.25, 0.3) is 0 Å². The molecule has 0 bridgehead atoms. The molecule has 1 rings (SSSR count). The third-order valence-corrected chi connectivity index (χ3v) is 1.95. The lowest BCUT2D eigenvalue weighted by Crippen LogP contribution is -1.90. The number of carbonyl (C=O) groups is 1. The van der Waals surface area contributed by atoms with E-state index in [2.05, 4.69) is 0 Å². The van der Waals surface area contributed by atoms with Crippen LogP contribution in [0.4, 0.5) is 0 Å². The summed E-state index contributed by atoms with van der Waals surface area (Å²) in [4.78, 5) is 10.7. The Morgan fingerprint density at radius 1 is 1.75 bits per heavy atom. The molecule has 0 N–H and O–H groups in total. The first-order chi connectivity index (χ1) is 3.84. The summed E-state index contributed by atoms with van der Waals surface area (Å²) in [5, 5.41) is 0.354. The zero-order valence-electron chi connectivity index (χ0n) is 4.89. The van der Waals surface area contributed by atoms with Gasteiger partial charge in [0, 0.05) is 11.7 Å². The highest BCUT2D eigenvalue weighted by Gasteiger charge is 2.28. The Bertz CT molecular complexity index is 96.7. The lowest BCUT2D eigenvalue weighted by atomic mass is 10.5. The minimum Gasteiger partial charge on any atom is -0.287 e. The Kier molecular flexibility index (Phi) is 1.95. The van der Waals surface area contributed by atoms with Crippen LogP contribution in [0.3, 0.4) is 0 Å². The van der Waals surface area contributed by atoms with Gasteiger partial charge in [0.2, 0.25) is 0 Å². The molecule has 0 saturated heterocycles. The summed E-state index contributed by atoms with van der Waals surface area (Å²) >= 11 is 1.34. The molecule has 1 aliphatic carbocycles. The van der Waals surface area contributed by atoms with E-state index in [1.807, 2.05) is 12.7 Å². The van der Waals surface area contributed by atoms with Crippen LogP contribution < -0.4 is 0 Å². The van der Waals surface area contributed by atoms with Crippen LogP contribution in [-0.4, -0.2) is 5.12 Å². The van der Waals surface area contributed by atoms with Gasteiger partial charge in [0.15, 0.2) is 5.12 Å². The van der Waals surface area contributed by atoms with Gasteiger partial charge in [0.1, 0.15) is 0 Å². The zero-order valence-corrected chi connectivity index (χ0v) is 5.70. The highest BCUT2D eigenvalue weighted by Crippen LogP contribution is 2.34. The fourth-order valence-electron chi connectivity index (χ4n) is 0.531. The summed E-state index contributed by atoms with van der Waals surface area (Å²) in [5.74, 6) is 2.26. The minimum atomic E-state index is 0.354. The van der Waals surface area contributed by atoms with Crippen LogP contribution in [-0.2, 0) is 4.79 Å². The smallest absolute Gasteiger partial charge is 0.192 e. The quantitative estimate of drug-likeness (QED) is 0.566. The molecule has 2 heteroatoms. The highest BCUT2D eigenvalue weighted by atomic mass is 32.2. The van der Waals surface area contributed by atoms with Crippen LogP contribution in [0.2, 0.25) is 0 Å². The van der Waals surface area contributed by atoms with Crippen molar-refractivity contribution < 1.29 is 4.79 Å². The van der Waals surface area contributed by atoms with Gasteiger partial charge in [-0.2, -0.15) is 0 Å². The summed E-state index contributed by atoms with van der Waals surface area (Å²) in [6.07, 6.45) is 2.25. The van der Waals surface area contributed by atoms with Crippen molar-refractivity contribution in [1.82, 2.24) is 0 Å². The van der Waals surface area contributed by atoms with E-state index < -0.39 is 0 Å². The molecule has 0 aromatic rings. The lowest BCUT2D eigenvalue weighted by molar-refractivity contribution is -0.111. The summed E-state index contributed by atoms with van der Waals surface area (Å²) in [6.45, 7) is 1.89. The normalized spacial score (nSPS) is 18.6. The van der Waals surface area contributed by atoms with Crippen molar-refractivity contribution in [1.29, 1.82) is 0 Å². The predicted molar refractivity (Wildman–Crippen MR) is 35.3 cm³/mol. The molecular formula is C6H9OS. The Morgan fingerprint density at radius 2 is 2.38 bits per heavy atom. The topological polar surface area (TPSA) is 17.1 Å². The third-order valence-electron chi connectivity index (χ3n) is 1.14. The van der Waals surface area contributed by atoms with E-state index in [-0.39, 0.29) is 0 Å². The van der Waals surface area contributed by atoms with Crippen molar-refractivity contribution in [2.24, 2.45) is 5.92 Å². The average Bonchev–Trinajstić information content (AvgIpc) is 2.45. The second-order valence-electron chi connectivity index (χ2n) is 1.95. The van der Waals surface area contributed by atoms with Gasteiger partial charge >= 0.3 is 0 Å². The fraction of sp³-hybridized carbons (Fsp3) is 0.667. The molecular weight excluding hydrogens is 120 g/mol. The third kappa shape index (κ3) is 1.51. The first-order valence-electron chi connectivity index (χ1n) is 2.83. The SMILES string of the molecule is C[CH]SC(=O)C1CC1. The van der Waals surface area contributed by atoms with Gasteiger partial charge in [-0.1, -0.05) is 18.7 Å². The molecule has 0 amide bonds. The molecule has 0 aromatic heterocycles. The van der Waals surface area contributed by atoms with E-state index in [9.17, 15) is 4.79 Å². The van der Waals surface area contributed by atoms with Crippen molar-refractivity contribution >= 4 is 16.9 Å². The van der Waals surface area contributed by atoms with Crippen molar-refractivity contribution in [2.75, 3.05) is 0 Å². The zero-order chi connectivity index (χ0) is 5.98. The highest BCUT2D eigenvalue weighted by molar-refractivity contribution is 8.15. The Balaban J connectivity index is 2.13. The molecule has 1 nitrogen and oxygen atoms in total. The van der Waals surface area contributed by atoms with Gasteiger partial charge < -0.3 is 0 Å². The van der Waals surface area contributed by atoms with E-state index in [4.69, 9.17) is 0 Å². The Morgan fingerprint density at radius 3 is 2.75 bits per heavy atom. The molecule has 1 aliphatic rings. The number of thioether (sulfide) groups is 1. The van der Waals surface area contributed by atoms with Gasteiger partial charge in [-0.3, -0.25) is 4.79 Å². The minimum absolute atomic E-state index is 0.354. The Labute approximate surface area is 53.8 Å². The maximum atomic E-state index is 10.7. The monoisotopic (exact) mass is 129 g/mol. The number of carbonyl (C=O) groups excluding carboxylic acids is 1. The first-order valence-corrected chi connectivity index (χ1v) is 3.71. The molecule has 0 unspecified atom stereocenters. The molecule has 1 saturated carbocycles. The van der Waals surface area contributed by atoms with E-state index >= 15 is 0 Å². The standard InChI is InChI=1S/C6H9OS/c1-2-8-6(7)5-3-4-5/h2,5H,3-4H2,1H3. The van der Waals surface area contributed by atoms with Crippen LogP contribution in [0.15, 0.2) is 0 Å². The summed E-state index contributed by atoms with van der Waals surface area (Å²) < 4.78 is 0. The van der Waals surface area contributed by atoms with E-state index in [1.54, 1.807) is 0 Å². The van der Waals surface area contributed by atoms with Crippen LogP contribution in [0.1, 0.15) is 19.8 Å². The summed E-state index contributed by atoms with van der Waals surface area (Å²) in [6, 6.07) is 0. The fourth-order valence-corrected chi connectivity index (χ4v) is 1.19. The summed E-state index contributed by atoms with van der Waals surface area (Å²) in [5.41, 5.74) is 0. The van der Waals surface area contributed by atoms with Gasteiger partial charge in [-0.15, -0.1) is 0 Å². The number of hydrogen-bond donors (Lipinski definition) is 0. The molecule has 0 aromatic carbocycles. The van der Waals surface area contributed by atoms with Gasteiger partial charge in [0.25, 0.3) is 0 Å². The maximum Gasteiger partial charge on any atom is 0.192 e. The Hall–Kier alpha value is 0.0200. The van der Waals surface area contributed by atoms with Crippen molar-refractivity contribution in [3.63, 3.8) is 0 Å². The second-order valence-corrected chi connectivity index (χ2v) is 3.06. The van der Waals surface area contributed by atoms with Crippen molar-refractivity contribution in [3.8, 4) is 0 Å². The van der Waals surface area contributed by atoms with E-state index in [0.29, 0.717) is 11.0 Å². The molecule has 0 heterocycles. The van der Waals surface area contributed by atoms with Crippen molar-refractivity contribution in [3.05, 3.63) is 5.75 Å². The van der Waals surface area contributed by atoms with Crippen LogP contribution in [0, 0.1) is 11.7 Å². The molecule has 0 aliphatic heterocycles. The molecule has 8 heavy (non-hydrogen) atoms. The lowest BCUT2D eigenvalue weighted by Gasteiger charge is -1.88. The molecule has 1 fully saturated rings. The number of rotatable bonds is 2. The number of hydrogen-bond acceptors (Lipinski definition) is 2. The van der Waals surface area contributed by atoms with Crippen molar-refractivity contribution in [2.45, 2.75) is 19.8 Å². The maximum absolute atomic E-state index is 10.7. The molecule has 1 radical (unpaired) electrons. The van der Waals surface area contributed by atoms with Gasteiger partial charge in [-0.05, 0) is 12.8 Å². The second kappa shape index (κ2) is 2.53. The predicted octanol–water partition coefficient (Wildman–Crippen LogP) is 1.84. The molecule has 45 valence electrons. The molecule has 0 atom stereocenters. The summed E-state index contributed by atoms with van der Waals surface area (Å²) in [7, 11) is 0. The van der Waals surface area contributed by atoms with E-state index in [1.165, 1.54) is 11.8 Å². The van der Waals surface area contributed by atoms with E-state index in [0.717, 1.165) is 12.8 Å². The first kappa shape index (κ1) is 6.14. The van der Waals surface area contributed by atoms with Crippen LogP contribution in [0.5, 0.6) is 0 Å². The average molecular weight is 129 g/mol. The van der Waals surface area contributed by atoms with Gasteiger partial charge in [0.05, 0.1) is 0 Å². The van der Waals surface area contributed by atoms with Crippen LogP contribution >= 0.6 is 11.8 Å². The molecule has 0 spiro atoms. The van der Waals surface area contributed by atoms with Gasteiger partial charge in [-0.25, -0.2) is 0 Å².